The Kier molecular flexibility index (Phi) is 6.48. The van der Waals surface area contributed by atoms with Crippen molar-refractivity contribution in [3.8, 4) is 0 Å². The Bertz CT molecular complexity index is 676. The van der Waals surface area contributed by atoms with Gasteiger partial charge in [0.2, 0.25) is 11.0 Å². The normalized spacial score (nSPS) is 10.3. The molecule has 2 rings (SSSR count). The number of halogens is 1. The lowest BCUT2D eigenvalue weighted by atomic mass is 10.1. The van der Waals surface area contributed by atoms with Crippen LogP contribution in [-0.2, 0) is 20.7 Å². The highest BCUT2D eigenvalue weighted by Gasteiger charge is 2.11. The molecule has 0 spiro atoms. The topological polar surface area (TPSA) is 81.2 Å². The molecule has 0 radical (unpaired) electrons. The number of nitrogens with one attached hydrogen (secondary N) is 1. The lowest BCUT2D eigenvalue weighted by Crippen LogP contribution is -2.14. The zero-order chi connectivity index (χ0) is 16.7. The van der Waals surface area contributed by atoms with Crippen molar-refractivity contribution in [2.24, 2.45) is 0 Å². The van der Waals surface area contributed by atoms with Crippen LogP contribution in [0.1, 0.15) is 12.5 Å². The maximum atomic E-state index is 12.8. The molecule has 23 heavy (non-hydrogen) atoms. The number of esters is 1. The standard InChI is InChI=1S/C14H14FN3O3S2/c1-2-21-12(20)8-22-14-18-17-13(23-14)16-11(19)7-9-3-5-10(15)6-4-9/h3-6H,2,7-8H2,1H3,(H,16,17,19). The number of benzene rings is 1. The molecule has 1 aromatic carbocycles. The van der Waals surface area contributed by atoms with Gasteiger partial charge in [0, 0.05) is 0 Å². The minimum absolute atomic E-state index is 0.116. The van der Waals surface area contributed by atoms with E-state index in [4.69, 9.17) is 4.74 Å². The van der Waals surface area contributed by atoms with Crippen LogP contribution in [0, 0.1) is 5.82 Å². The maximum absolute atomic E-state index is 12.8. The molecule has 0 aliphatic rings. The first-order valence-electron chi connectivity index (χ1n) is 6.73. The first kappa shape index (κ1) is 17.4. The minimum atomic E-state index is -0.346. The van der Waals surface area contributed by atoms with E-state index in [0.29, 0.717) is 21.6 Å². The number of hydrogen-bond donors (Lipinski definition) is 1. The lowest BCUT2D eigenvalue weighted by Gasteiger charge is -2.01. The van der Waals surface area contributed by atoms with E-state index in [1.54, 1.807) is 19.1 Å². The summed E-state index contributed by atoms with van der Waals surface area (Å²) in [7, 11) is 0. The van der Waals surface area contributed by atoms with Crippen molar-refractivity contribution >= 4 is 40.1 Å². The van der Waals surface area contributed by atoms with Crippen LogP contribution < -0.4 is 5.32 Å². The number of amides is 1. The molecule has 0 fully saturated rings. The fourth-order valence-electron chi connectivity index (χ4n) is 1.59. The molecule has 122 valence electrons. The zero-order valence-corrected chi connectivity index (χ0v) is 13.9. The fourth-order valence-corrected chi connectivity index (χ4v) is 3.16. The average molecular weight is 355 g/mol. The molecule has 0 saturated carbocycles. The fraction of sp³-hybridized carbons (Fsp3) is 0.286. The van der Waals surface area contributed by atoms with Crippen molar-refractivity contribution < 1.29 is 18.7 Å². The Morgan fingerprint density at radius 1 is 1.30 bits per heavy atom. The second kappa shape index (κ2) is 8.59. The van der Waals surface area contributed by atoms with Gasteiger partial charge in [-0.2, -0.15) is 0 Å². The van der Waals surface area contributed by atoms with Gasteiger partial charge < -0.3 is 10.1 Å². The number of nitrogens with zero attached hydrogens (tertiary/aromatic N) is 2. The van der Waals surface area contributed by atoms with E-state index in [0.717, 1.165) is 0 Å². The van der Waals surface area contributed by atoms with Gasteiger partial charge in [0.15, 0.2) is 4.34 Å². The summed E-state index contributed by atoms with van der Waals surface area (Å²) in [4.78, 5) is 23.1. The smallest absolute Gasteiger partial charge is 0.316 e. The number of rotatable bonds is 7. The summed E-state index contributed by atoms with van der Waals surface area (Å²) in [6.45, 7) is 2.07. The van der Waals surface area contributed by atoms with E-state index in [1.807, 2.05) is 0 Å². The Hall–Kier alpha value is -2.00. The van der Waals surface area contributed by atoms with Crippen molar-refractivity contribution in [1.82, 2.24) is 10.2 Å². The van der Waals surface area contributed by atoms with Gasteiger partial charge in [-0.05, 0) is 24.6 Å². The van der Waals surface area contributed by atoms with Crippen LogP contribution in [0.25, 0.3) is 0 Å². The van der Waals surface area contributed by atoms with Crippen molar-refractivity contribution in [1.29, 1.82) is 0 Å². The molecule has 1 N–H and O–H groups in total. The average Bonchev–Trinajstić information content (AvgIpc) is 2.95. The van der Waals surface area contributed by atoms with Crippen LogP contribution >= 0.6 is 23.1 Å². The summed E-state index contributed by atoms with van der Waals surface area (Å²) in [6, 6.07) is 5.71. The molecule has 0 bridgehead atoms. The molecular weight excluding hydrogens is 341 g/mol. The molecular formula is C14H14FN3O3S2. The molecule has 6 nitrogen and oxygen atoms in total. The first-order chi connectivity index (χ1) is 11.1. The highest BCUT2D eigenvalue weighted by Crippen LogP contribution is 2.25. The molecule has 0 atom stereocenters. The van der Waals surface area contributed by atoms with E-state index >= 15 is 0 Å². The molecule has 1 amide bonds. The number of hydrogen-bond acceptors (Lipinski definition) is 7. The molecule has 9 heteroatoms. The third kappa shape index (κ3) is 5.95. The second-order valence-electron chi connectivity index (χ2n) is 4.32. The van der Waals surface area contributed by atoms with Gasteiger partial charge in [-0.3, -0.25) is 9.59 Å². The van der Waals surface area contributed by atoms with Crippen LogP contribution in [0.15, 0.2) is 28.6 Å². The summed E-state index contributed by atoms with van der Waals surface area (Å²) >= 11 is 2.37. The summed E-state index contributed by atoms with van der Waals surface area (Å²) < 4.78 is 18.2. The van der Waals surface area contributed by atoms with Crippen LogP contribution in [0.4, 0.5) is 9.52 Å². The zero-order valence-electron chi connectivity index (χ0n) is 12.2. The predicted molar refractivity (Wildman–Crippen MR) is 86.0 cm³/mol. The number of carbonyl (C=O) groups excluding carboxylic acids is 2. The number of carbonyl (C=O) groups is 2. The van der Waals surface area contributed by atoms with Crippen molar-refractivity contribution in [3.63, 3.8) is 0 Å². The highest BCUT2D eigenvalue weighted by molar-refractivity contribution is 8.01. The largest absolute Gasteiger partial charge is 0.465 e. The van der Waals surface area contributed by atoms with Gasteiger partial charge in [0.05, 0.1) is 18.8 Å². The van der Waals surface area contributed by atoms with E-state index in [9.17, 15) is 14.0 Å². The summed E-state index contributed by atoms with van der Waals surface area (Å²) in [5.41, 5.74) is 0.699. The van der Waals surface area contributed by atoms with Crippen molar-refractivity contribution in [2.45, 2.75) is 17.7 Å². The molecule has 0 aliphatic heterocycles. The lowest BCUT2D eigenvalue weighted by molar-refractivity contribution is -0.139. The van der Waals surface area contributed by atoms with Crippen LogP contribution in [0.3, 0.4) is 0 Å². The van der Waals surface area contributed by atoms with Gasteiger partial charge in [0.1, 0.15) is 5.82 Å². The van der Waals surface area contributed by atoms with Gasteiger partial charge in [0.25, 0.3) is 0 Å². The van der Waals surface area contributed by atoms with Crippen molar-refractivity contribution in [3.05, 3.63) is 35.6 Å². The molecule has 0 aliphatic carbocycles. The van der Waals surface area contributed by atoms with Crippen LogP contribution in [0.5, 0.6) is 0 Å². The van der Waals surface area contributed by atoms with Crippen LogP contribution in [0.2, 0.25) is 0 Å². The van der Waals surface area contributed by atoms with E-state index in [2.05, 4.69) is 15.5 Å². The highest BCUT2D eigenvalue weighted by atomic mass is 32.2. The van der Waals surface area contributed by atoms with E-state index < -0.39 is 0 Å². The minimum Gasteiger partial charge on any atom is -0.465 e. The third-order valence-electron chi connectivity index (χ3n) is 2.55. The second-order valence-corrected chi connectivity index (χ2v) is 6.52. The Morgan fingerprint density at radius 2 is 2.04 bits per heavy atom. The molecule has 0 saturated heterocycles. The van der Waals surface area contributed by atoms with Gasteiger partial charge in [-0.25, -0.2) is 4.39 Å². The van der Waals surface area contributed by atoms with Gasteiger partial charge >= 0.3 is 5.97 Å². The number of aromatic nitrogens is 2. The summed E-state index contributed by atoms with van der Waals surface area (Å²) in [5, 5.41) is 10.7. The summed E-state index contributed by atoms with van der Waals surface area (Å²) in [5.74, 6) is -0.794. The third-order valence-corrected chi connectivity index (χ3v) is 4.50. The quantitative estimate of drug-likeness (QED) is 0.467. The summed E-state index contributed by atoms with van der Waals surface area (Å²) in [6.07, 6.45) is 0.116. The Balaban J connectivity index is 1.82. The van der Waals surface area contributed by atoms with Gasteiger partial charge in [-0.1, -0.05) is 35.2 Å². The van der Waals surface area contributed by atoms with Crippen molar-refractivity contribution in [2.75, 3.05) is 17.7 Å². The number of ether oxygens (including phenoxy) is 1. The number of anilines is 1. The Labute approximate surface area is 140 Å². The Morgan fingerprint density at radius 3 is 2.74 bits per heavy atom. The molecule has 2 aromatic rings. The van der Waals surface area contributed by atoms with Crippen LogP contribution in [-0.4, -0.2) is 34.4 Å². The monoisotopic (exact) mass is 355 g/mol. The van der Waals surface area contributed by atoms with Gasteiger partial charge in [-0.15, -0.1) is 10.2 Å². The maximum Gasteiger partial charge on any atom is 0.316 e. The first-order valence-corrected chi connectivity index (χ1v) is 8.53. The SMILES string of the molecule is CCOC(=O)CSc1nnc(NC(=O)Cc2ccc(F)cc2)s1. The van der Waals surface area contributed by atoms with E-state index in [-0.39, 0.29) is 29.9 Å². The molecule has 1 aromatic heterocycles. The number of thioether (sulfide) groups is 1. The predicted octanol–water partition coefficient (Wildman–Crippen LogP) is 2.51. The molecule has 0 unspecified atom stereocenters. The van der Waals surface area contributed by atoms with E-state index in [1.165, 1.54) is 35.2 Å². The molecule has 1 heterocycles.